The van der Waals surface area contributed by atoms with Crippen molar-refractivity contribution in [3.05, 3.63) is 27.9 Å². The van der Waals surface area contributed by atoms with Crippen LogP contribution in [0.25, 0.3) is 0 Å². The smallest absolute Gasteiger partial charge is 0.288 e. The number of nitrogens with two attached hydrogens (primary N) is 1. The minimum Gasteiger partial charge on any atom is -0.383 e. The highest BCUT2D eigenvalue weighted by Gasteiger charge is 2.28. The van der Waals surface area contributed by atoms with Crippen molar-refractivity contribution in [2.45, 2.75) is 19.8 Å². The molecule has 1 unspecified atom stereocenters. The molecule has 1 aliphatic heterocycles. The Balaban J connectivity index is 2.24. The molecule has 1 fully saturated rings. The summed E-state index contributed by atoms with van der Waals surface area (Å²) in [6, 6.07) is 1.20. The summed E-state index contributed by atoms with van der Waals surface area (Å²) in [6.45, 7) is 3.43. The molecule has 2 rings (SSSR count). The number of rotatable bonds is 3. The summed E-state index contributed by atoms with van der Waals surface area (Å²) < 4.78 is 0. The predicted molar refractivity (Wildman–Crippen MR) is 69.6 cm³/mol. The second kappa shape index (κ2) is 5.21. The second-order valence-corrected chi connectivity index (χ2v) is 4.70. The summed E-state index contributed by atoms with van der Waals surface area (Å²) >= 11 is 0. The highest BCUT2D eigenvalue weighted by atomic mass is 16.6. The number of nitro groups is 1. The van der Waals surface area contributed by atoms with Crippen LogP contribution in [0.3, 0.4) is 0 Å². The number of carbonyl (C=O) groups is 1. The molecular weight excluding hydrogens is 248 g/mol. The van der Waals surface area contributed by atoms with Crippen LogP contribution >= 0.6 is 0 Å². The highest BCUT2D eigenvalue weighted by molar-refractivity contribution is 5.99. The molecule has 2 heterocycles. The van der Waals surface area contributed by atoms with Crippen LogP contribution in [-0.2, 0) is 0 Å². The van der Waals surface area contributed by atoms with E-state index in [1.54, 1.807) is 4.90 Å². The normalized spacial score (nSPS) is 18.6. The molecule has 0 bridgehead atoms. The van der Waals surface area contributed by atoms with Crippen molar-refractivity contribution in [1.82, 2.24) is 9.88 Å². The number of anilines is 1. The number of hydrogen-bond donors (Lipinski definition) is 1. The Labute approximate surface area is 110 Å². The van der Waals surface area contributed by atoms with Gasteiger partial charge in [0.1, 0.15) is 12.0 Å². The van der Waals surface area contributed by atoms with E-state index in [-0.39, 0.29) is 23.0 Å². The van der Waals surface area contributed by atoms with Gasteiger partial charge in [0.2, 0.25) is 0 Å². The predicted octanol–water partition coefficient (Wildman–Crippen LogP) is 1.44. The van der Waals surface area contributed by atoms with Crippen LogP contribution in [0.2, 0.25) is 0 Å². The van der Waals surface area contributed by atoms with Gasteiger partial charge in [0, 0.05) is 19.2 Å². The van der Waals surface area contributed by atoms with E-state index in [2.05, 4.69) is 11.9 Å². The lowest BCUT2D eigenvalue weighted by molar-refractivity contribution is -0.385. The van der Waals surface area contributed by atoms with Crippen LogP contribution in [0.5, 0.6) is 0 Å². The lowest BCUT2D eigenvalue weighted by atomic mass is 10.1. The SMILES string of the molecule is CCC1CCN(C(=O)c2cc([N+](=O)[O-])cnc2N)C1. The molecule has 0 aromatic carbocycles. The molecule has 1 aliphatic rings. The fourth-order valence-electron chi connectivity index (χ4n) is 2.26. The molecule has 1 amide bonds. The average Bonchev–Trinajstić information content (AvgIpc) is 2.87. The molecule has 1 aromatic rings. The van der Waals surface area contributed by atoms with Gasteiger partial charge in [0.05, 0.1) is 10.5 Å². The first-order valence-corrected chi connectivity index (χ1v) is 6.22. The van der Waals surface area contributed by atoms with Gasteiger partial charge < -0.3 is 10.6 Å². The standard InChI is InChI=1S/C12H16N4O3/c1-2-8-3-4-15(7-8)12(17)10-5-9(16(18)19)6-14-11(10)13/h5-6,8H,2-4,7H2,1H3,(H2,13,14). The molecule has 19 heavy (non-hydrogen) atoms. The van der Waals surface area contributed by atoms with Gasteiger partial charge in [-0.25, -0.2) is 4.98 Å². The van der Waals surface area contributed by atoms with E-state index < -0.39 is 4.92 Å². The van der Waals surface area contributed by atoms with Crippen molar-refractivity contribution in [1.29, 1.82) is 0 Å². The number of aromatic nitrogens is 1. The number of nitrogens with zero attached hydrogens (tertiary/aromatic N) is 3. The van der Waals surface area contributed by atoms with E-state index in [9.17, 15) is 14.9 Å². The third-order valence-corrected chi connectivity index (χ3v) is 3.50. The van der Waals surface area contributed by atoms with Crippen LogP contribution in [0.1, 0.15) is 30.1 Å². The Morgan fingerprint density at radius 1 is 1.68 bits per heavy atom. The Hall–Kier alpha value is -2.18. The Bertz CT molecular complexity index is 518. The van der Waals surface area contributed by atoms with E-state index in [4.69, 9.17) is 5.73 Å². The molecule has 0 aliphatic carbocycles. The second-order valence-electron chi connectivity index (χ2n) is 4.70. The van der Waals surface area contributed by atoms with Gasteiger partial charge in [0.15, 0.2) is 0 Å². The molecule has 2 N–H and O–H groups in total. The Morgan fingerprint density at radius 2 is 2.42 bits per heavy atom. The largest absolute Gasteiger partial charge is 0.383 e. The van der Waals surface area contributed by atoms with Gasteiger partial charge in [-0.3, -0.25) is 14.9 Å². The quantitative estimate of drug-likeness (QED) is 0.657. The van der Waals surface area contributed by atoms with E-state index in [0.717, 1.165) is 19.0 Å². The first-order valence-electron chi connectivity index (χ1n) is 6.22. The molecule has 102 valence electrons. The first-order chi connectivity index (χ1) is 9.02. The van der Waals surface area contributed by atoms with Crippen LogP contribution in [0.4, 0.5) is 11.5 Å². The zero-order valence-corrected chi connectivity index (χ0v) is 10.7. The fourth-order valence-corrected chi connectivity index (χ4v) is 2.26. The van der Waals surface area contributed by atoms with Crippen molar-refractivity contribution in [3.63, 3.8) is 0 Å². The van der Waals surface area contributed by atoms with Crippen LogP contribution in [0, 0.1) is 16.0 Å². The maximum atomic E-state index is 12.3. The molecule has 1 saturated heterocycles. The van der Waals surface area contributed by atoms with Gasteiger partial charge in [0.25, 0.3) is 11.6 Å². The Morgan fingerprint density at radius 3 is 3.00 bits per heavy atom. The summed E-state index contributed by atoms with van der Waals surface area (Å²) in [4.78, 5) is 27.8. The molecule has 0 saturated carbocycles. The molecule has 0 radical (unpaired) electrons. The lowest BCUT2D eigenvalue weighted by Crippen LogP contribution is -2.29. The minimum atomic E-state index is -0.581. The molecule has 7 nitrogen and oxygen atoms in total. The molecule has 7 heteroatoms. The maximum absolute atomic E-state index is 12.3. The number of pyridine rings is 1. The average molecular weight is 264 g/mol. The van der Waals surface area contributed by atoms with Crippen molar-refractivity contribution in [3.8, 4) is 0 Å². The molecule has 1 atom stereocenters. The topological polar surface area (TPSA) is 102 Å². The van der Waals surface area contributed by atoms with Crippen LogP contribution < -0.4 is 5.73 Å². The van der Waals surface area contributed by atoms with E-state index in [1.165, 1.54) is 6.07 Å². The van der Waals surface area contributed by atoms with Crippen molar-refractivity contribution in [2.75, 3.05) is 18.8 Å². The minimum absolute atomic E-state index is 0.0375. The molecule has 1 aromatic heterocycles. The number of likely N-dealkylation sites (tertiary alicyclic amines) is 1. The maximum Gasteiger partial charge on any atom is 0.288 e. The van der Waals surface area contributed by atoms with Crippen molar-refractivity contribution in [2.24, 2.45) is 5.92 Å². The van der Waals surface area contributed by atoms with Crippen molar-refractivity contribution < 1.29 is 9.72 Å². The van der Waals surface area contributed by atoms with E-state index >= 15 is 0 Å². The van der Waals surface area contributed by atoms with Crippen LogP contribution in [-0.4, -0.2) is 33.8 Å². The Kier molecular flexibility index (Phi) is 3.64. The zero-order valence-electron chi connectivity index (χ0n) is 10.7. The monoisotopic (exact) mass is 264 g/mol. The van der Waals surface area contributed by atoms with Gasteiger partial charge in [-0.05, 0) is 12.3 Å². The van der Waals surface area contributed by atoms with E-state index in [0.29, 0.717) is 19.0 Å². The zero-order chi connectivity index (χ0) is 14.0. The number of carbonyl (C=O) groups excluding carboxylic acids is 1. The number of amides is 1. The van der Waals surface area contributed by atoms with Gasteiger partial charge >= 0.3 is 0 Å². The third kappa shape index (κ3) is 2.64. The fraction of sp³-hybridized carbons (Fsp3) is 0.500. The summed E-state index contributed by atoms with van der Waals surface area (Å²) in [5, 5.41) is 10.7. The van der Waals surface area contributed by atoms with Gasteiger partial charge in [-0.1, -0.05) is 13.3 Å². The number of hydrogen-bond acceptors (Lipinski definition) is 5. The van der Waals surface area contributed by atoms with Crippen molar-refractivity contribution >= 4 is 17.4 Å². The van der Waals surface area contributed by atoms with Gasteiger partial charge in [-0.15, -0.1) is 0 Å². The number of nitrogen functional groups attached to an aromatic ring is 1. The summed E-state index contributed by atoms with van der Waals surface area (Å²) in [5.41, 5.74) is 5.54. The summed E-state index contributed by atoms with van der Waals surface area (Å²) in [7, 11) is 0. The lowest BCUT2D eigenvalue weighted by Gasteiger charge is -2.16. The first kappa shape index (κ1) is 13.3. The molecule has 0 spiro atoms. The van der Waals surface area contributed by atoms with E-state index in [1.807, 2.05) is 0 Å². The van der Waals surface area contributed by atoms with Gasteiger partial charge in [-0.2, -0.15) is 0 Å². The summed E-state index contributed by atoms with van der Waals surface area (Å²) in [6.07, 6.45) is 3.04. The molecular formula is C12H16N4O3. The highest BCUT2D eigenvalue weighted by Crippen LogP contribution is 2.24. The third-order valence-electron chi connectivity index (χ3n) is 3.50. The van der Waals surface area contributed by atoms with Crippen LogP contribution in [0.15, 0.2) is 12.3 Å². The summed E-state index contributed by atoms with van der Waals surface area (Å²) in [5.74, 6) is 0.261.